The molecule has 7 atom stereocenters. The molecule has 16 nitrogen and oxygen atoms in total. The summed E-state index contributed by atoms with van der Waals surface area (Å²) in [6.07, 6.45) is 2.42. The second-order valence-corrected chi connectivity index (χ2v) is 19.5. The SMILES string of the molecule is CC[C@@H]1O[C@H](C)CC/C=C\[C@@H]2C[C@@]2(C(=O)NS(=O)(=O)C2(C)CC2)NC(=O)[C@@H]2C[C@@H](Oc3cc(-c4ccc(OC(C)C)cc4)nc(-c4cscn4)c3)CN2C(=O)[C@H]1NC(=O)O. The highest BCUT2D eigenvalue weighted by atomic mass is 32.2. The lowest BCUT2D eigenvalue weighted by molar-refractivity contribution is -0.145. The van der Waals surface area contributed by atoms with Gasteiger partial charge in [0.05, 0.1) is 52.2 Å². The molecule has 0 unspecified atom stereocenters. The Labute approximate surface area is 353 Å². The molecular formula is C42H52N6O10S2. The summed E-state index contributed by atoms with van der Waals surface area (Å²) in [6.45, 7) is 8.95. The zero-order valence-corrected chi connectivity index (χ0v) is 35.9. The summed E-state index contributed by atoms with van der Waals surface area (Å²) < 4.78 is 46.3. The van der Waals surface area contributed by atoms with Crippen LogP contribution in [0, 0.1) is 5.92 Å². The first-order valence-electron chi connectivity index (χ1n) is 20.4. The maximum atomic E-state index is 14.7. The van der Waals surface area contributed by atoms with Crippen molar-refractivity contribution in [1.29, 1.82) is 0 Å². The molecule has 18 heteroatoms. The number of benzene rings is 1. The largest absolute Gasteiger partial charge is 0.491 e. The van der Waals surface area contributed by atoms with Crippen molar-refractivity contribution in [2.45, 2.75) is 126 Å². The second kappa shape index (κ2) is 17.1. The molecule has 0 radical (unpaired) electrons. The summed E-state index contributed by atoms with van der Waals surface area (Å²) >= 11 is 1.41. The lowest BCUT2D eigenvalue weighted by Crippen LogP contribution is -2.60. The number of sulfonamides is 1. The van der Waals surface area contributed by atoms with E-state index >= 15 is 0 Å². The zero-order valence-electron chi connectivity index (χ0n) is 34.3. The van der Waals surface area contributed by atoms with Crippen LogP contribution in [0.4, 0.5) is 4.79 Å². The van der Waals surface area contributed by atoms with Crippen LogP contribution in [0.3, 0.4) is 0 Å². The van der Waals surface area contributed by atoms with Crippen molar-refractivity contribution < 1.29 is 46.9 Å². The molecule has 7 rings (SSSR count). The minimum absolute atomic E-state index is 0.00649. The Bertz CT molecular complexity index is 2230. The highest BCUT2D eigenvalue weighted by Crippen LogP contribution is 2.47. The summed E-state index contributed by atoms with van der Waals surface area (Å²) in [6, 6.07) is 8.33. The molecule has 4 N–H and O–H groups in total. The summed E-state index contributed by atoms with van der Waals surface area (Å²) in [5, 5.41) is 17.0. The van der Waals surface area contributed by atoms with Crippen molar-refractivity contribution in [3.63, 3.8) is 0 Å². The lowest BCUT2D eigenvalue weighted by Gasteiger charge is -2.33. The lowest BCUT2D eigenvalue weighted by atomic mass is 10.0. The van der Waals surface area contributed by atoms with E-state index in [1.807, 2.05) is 56.5 Å². The maximum absolute atomic E-state index is 14.7. The maximum Gasteiger partial charge on any atom is 0.405 e. The zero-order chi connectivity index (χ0) is 43.0. The molecule has 0 bridgehead atoms. The average Bonchev–Trinajstić information content (AvgIpc) is 3.95. The number of hydrogen-bond acceptors (Lipinski definition) is 12. The smallest absolute Gasteiger partial charge is 0.405 e. The van der Waals surface area contributed by atoms with E-state index in [-0.39, 0.29) is 38.0 Å². The van der Waals surface area contributed by atoms with Crippen LogP contribution in [0.25, 0.3) is 22.6 Å². The van der Waals surface area contributed by atoms with Crippen LogP contribution in [0.15, 0.2) is 59.4 Å². The molecule has 1 saturated heterocycles. The van der Waals surface area contributed by atoms with Crippen LogP contribution in [0.5, 0.6) is 11.5 Å². The highest BCUT2D eigenvalue weighted by molar-refractivity contribution is 7.91. The molecule has 0 spiro atoms. The van der Waals surface area contributed by atoms with Gasteiger partial charge in [-0.15, -0.1) is 11.3 Å². The molecule has 60 heavy (non-hydrogen) atoms. The van der Waals surface area contributed by atoms with Gasteiger partial charge in [0.2, 0.25) is 21.8 Å². The van der Waals surface area contributed by atoms with Gasteiger partial charge in [0, 0.05) is 35.4 Å². The van der Waals surface area contributed by atoms with Gasteiger partial charge in [-0.1, -0.05) is 19.1 Å². The van der Waals surface area contributed by atoms with Gasteiger partial charge in [-0.25, -0.2) is 23.2 Å². The van der Waals surface area contributed by atoms with Crippen molar-refractivity contribution in [2.24, 2.45) is 5.92 Å². The van der Waals surface area contributed by atoms with Crippen molar-refractivity contribution in [3.8, 4) is 34.1 Å². The minimum Gasteiger partial charge on any atom is -0.491 e. The normalized spacial score (nSPS) is 28.3. The van der Waals surface area contributed by atoms with Gasteiger partial charge in [-0.3, -0.25) is 19.1 Å². The second-order valence-electron chi connectivity index (χ2n) is 16.6. The van der Waals surface area contributed by atoms with Crippen molar-refractivity contribution in [1.82, 2.24) is 30.2 Å². The number of allylic oxidation sites excluding steroid dienone is 1. The van der Waals surface area contributed by atoms with E-state index in [0.29, 0.717) is 54.3 Å². The first-order chi connectivity index (χ1) is 28.5. The number of nitrogens with one attached hydrogen (secondary N) is 3. The number of aromatic nitrogens is 2. The quantitative estimate of drug-likeness (QED) is 0.186. The summed E-state index contributed by atoms with van der Waals surface area (Å²) in [5.74, 6) is -1.68. The van der Waals surface area contributed by atoms with Crippen LogP contribution in [-0.2, 0) is 29.1 Å². The van der Waals surface area contributed by atoms with E-state index in [1.165, 1.54) is 16.2 Å². The molecular weight excluding hydrogens is 813 g/mol. The number of pyridine rings is 1. The van der Waals surface area contributed by atoms with Crippen LogP contribution >= 0.6 is 11.3 Å². The highest BCUT2D eigenvalue weighted by Gasteiger charge is 2.63. The van der Waals surface area contributed by atoms with E-state index in [0.717, 1.165) is 5.56 Å². The van der Waals surface area contributed by atoms with Gasteiger partial charge in [0.1, 0.15) is 35.2 Å². The van der Waals surface area contributed by atoms with Gasteiger partial charge in [0.15, 0.2) is 0 Å². The first kappa shape index (κ1) is 43.0. The van der Waals surface area contributed by atoms with Crippen LogP contribution in [0.2, 0.25) is 0 Å². The van der Waals surface area contributed by atoms with Crippen molar-refractivity contribution in [2.75, 3.05) is 6.54 Å². The van der Waals surface area contributed by atoms with Crippen molar-refractivity contribution in [3.05, 3.63) is 59.4 Å². The third-order valence-electron chi connectivity index (χ3n) is 11.6. The predicted octanol–water partition coefficient (Wildman–Crippen LogP) is 5.05. The predicted molar refractivity (Wildman–Crippen MR) is 223 cm³/mol. The Hall–Kier alpha value is -5.07. The Kier molecular flexibility index (Phi) is 12.3. The molecule has 3 fully saturated rings. The summed E-state index contributed by atoms with van der Waals surface area (Å²) in [4.78, 5) is 65.9. The number of thiazole rings is 1. The molecule has 2 aliphatic heterocycles. The van der Waals surface area contributed by atoms with Gasteiger partial charge < -0.3 is 34.9 Å². The number of carbonyl (C=O) groups excluding carboxylic acids is 3. The number of amides is 4. The number of carbonyl (C=O) groups is 4. The number of carboxylic acid groups (broad SMARTS) is 1. The number of ether oxygens (including phenoxy) is 3. The first-order valence-corrected chi connectivity index (χ1v) is 22.8. The Morgan fingerprint density at radius 1 is 1.12 bits per heavy atom. The van der Waals surface area contributed by atoms with Gasteiger partial charge >= 0.3 is 6.09 Å². The fraction of sp³-hybridized carbons (Fsp3) is 0.524. The number of nitrogens with zero attached hydrogens (tertiary/aromatic N) is 3. The molecule has 2 saturated carbocycles. The average molecular weight is 865 g/mol. The Morgan fingerprint density at radius 3 is 2.50 bits per heavy atom. The Balaban J connectivity index is 1.23. The van der Waals surface area contributed by atoms with E-state index in [4.69, 9.17) is 19.2 Å². The summed E-state index contributed by atoms with van der Waals surface area (Å²) in [5.41, 5.74) is 2.61. The third kappa shape index (κ3) is 9.29. The molecule has 2 aliphatic carbocycles. The van der Waals surface area contributed by atoms with Gasteiger partial charge in [-0.2, -0.15) is 0 Å². The number of rotatable bonds is 11. The van der Waals surface area contributed by atoms with Crippen LogP contribution < -0.4 is 24.8 Å². The van der Waals surface area contributed by atoms with Crippen LogP contribution in [0.1, 0.15) is 79.6 Å². The van der Waals surface area contributed by atoms with E-state index in [1.54, 1.807) is 37.6 Å². The molecule has 3 aromatic rings. The number of fused-ring (bicyclic) bond motifs is 2. The Morgan fingerprint density at radius 2 is 1.85 bits per heavy atom. The van der Waals surface area contributed by atoms with Crippen molar-refractivity contribution >= 4 is 45.2 Å². The van der Waals surface area contributed by atoms with Crippen LogP contribution in [-0.4, -0.2) is 106 Å². The van der Waals surface area contributed by atoms with E-state index in [2.05, 4.69) is 20.3 Å². The fourth-order valence-electron chi connectivity index (χ4n) is 7.80. The van der Waals surface area contributed by atoms with Gasteiger partial charge in [-0.05, 0) is 90.5 Å². The molecule has 322 valence electrons. The molecule has 1 aromatic carbocycles. The molecule has 2 aromatic heterocycles. The van der Waals surface area contributed by atoms with E-state index in [9.17, 15) is 32.7 Å². The summed E-state index contributed by atoms with van der Waals surface area (Å²) in [7, 11) is -4.04. The molecule has 4 heterocycles. The molecule has 4 amide bonds. The standard InChI is InChI=1S/C42H52N6O10S2/c1-6-35-36(45-40(52)53)38(50)48-21-30(58-29-17-31(44-32(18-29)33-22-59-23-43-33)26-11-13-28(14-12-26)56-24(2)3)19-34(48)37(49)46-42(20-27(42)10-8-7-9-25(4)57-35)39(51)47-60(54,55)41(5)15-16-41/h8,10-14,17-18,22-25,27,30,34-36,45H,6-7,9,15-16,19-21H2,1-5H3,(H,46,49)(H,47,51)(H,52,53)/b10-8-/t25-,27-,30-,34+,35+,36+,42-/m1/s1. The number of hydrogen-bond donors (Lipinski definition) is 4. The minimum atomic E-state index is -4.04. The molecule has 4 aliphatic rings. The fourth-order valence-corrected chi connectivity index (χ4v) is 9.65. The monoisotopic (exact) mass is 864 g/mol. The van der Waals surface area contributed by atoms with E-state index < -0.39 is 74.3 Å². The topological polar surface area (TPSA) is 215 Å². The third-order valence-corrected chi connectivity index (χ3v) is 14.3. The van der Waals surface area contributed by atoms with Gasteiger partial charge in [0.25, 0.3) is 5.91 Å².